The van der Waals surface area contributed by atoms with Crippen LogP contribution in [0, 0.1) is 5.41 Å². The van der Waals surface area contributed by atoms with Gasteiger partial charge in [-0.05, 0) is 51.9 Å². The van der Waals surface area contributed by atoms with Crippen LogP contribution in [0.3, 0.4) is 0 Å². The summed E-state index contributed by atoms with van der Waals surface area (Å²) in [6.07, 6.45) is 5.78. The molecule has 1 spiro atoms. The van der Waals surface area contributed by atoms with Crippen LogP contribution in [0.4, 0.5) is 0 Å². The second kappa shape index (κ2) is 7.74. The average molecular weight is 419 g/mol. The molecule has 0 atom stereocenters. The van der Waals surface area contributed by atoms with E-state index in [2.05, 4.69) is 10.00 Å². The second-order valence-corrected chi connectivity index (χ2v) is 10.5. The lowest BCUT2D eigenvalue weighted by atomic mass is 9.78. The van der Waals surface area contributed by atoms with E-state index in [-0.39, 0.29) is 16.4 Å². The SMILES string of the molecule is CC(C)N1CC2(CCN(Cc3cnn(C)c3)CC2)COc2ccccc2S1(=O)=O. The summed E-state index contributed by atoms with van der Waals surface area (Å²) in [6.45, 7) is 7.67. The first kappa shape index (κ1) is 20.4. The first-order valence-electron chi connectivity index (χ1n) is 10.2. The van der Waals surface area contributed by atoms with E-state index in [1.54, 1.807) is 22.5 Å². The average Bonchev–Trinajstić information content (AvgIpc) is 3.10. The van der Waals surface area contributed by atoms with Crippen molar-refractivity contribution in [2.45, 2.75) is 44.2 Å². The highest BCUT2D eigenvalue weighted by Gasteiger charge is 2.43. The number of rotatable bonds is 3. The lowest BCUT2D eigenvalue weighted by molar-refractivity contribution is 0.0283. The van der Waals surface area contributed by atoms with Crippen LogP contribution >= 0.6 is 0 Å². The van der Waals surface area contributed by atoms with E-state index in [0.29, 0.717) is 18.9 Å². The number of aryl methyl sites for hydroxylation is 1. The zero-order valence-electron chi connectivity index (χ0n) is 17.4. The molecule has 2 aliphatic heterocycles. The predicted octanol–water partition coefficient (Wildman–Crippen LogP) is 2.49. The van der Waals surface area contributed by atoms with Crippen LogP contribution in [0.25, 0.3) is 0 Å². The molecule has 8 heteroatoms. The van der Waals surface area contributed by atoms with Gasteiger partial charge >= 0.3 is 0 Å². The fraction of sp³-hybridized carbons (Fsp3) is 0.571. The summed E-state index contributed by atoms with van der Waals surface area (Å²) in [7, 11) is -1.66. The van der Waals surface area contributed by atoms with Crippen molar-refractivity contribution in [2.75, 3.05) is 26.2 Å². The number of hydrogen-bond donors (Lipinski definition) is 0. The third kappa shape index (κ3) is 4.06. The third-order valence-electron chi connectivity index (χ3n) is 6.12. The molecule has 0 saturated carbocycles. The maximum absolute atomic E-state index is 13.4. The van der Waals surface area contributed by atoms with E-state index in [9.17, 15) is 8.42 Å². The minimum absolute atomic E-state index is 0.101. The number of sulfonamides is 1. The minimum atomic E-state index is -3.59. The Labute approximate surface area is 173 Å². The van der Waals surface area contributed by atoms with Crippen LogP contribution in [0.5, 0.6) is 5.75 Å². The van der Waals surface area contributed by atoms with Gasteiger partial charge in [-0.1, -0.05) is 12.1 Å². The zero-order chi connectivity index (χ0) is 20.6. The fourth-order valence-corrected chi connectivity index (χ4v) is 6.24. The molecule has 0 bridgehead atoms. The van der Waals surface area contributed by atoms with Gasteiger partial charge in [0, 0.05) is 43.4 Å². The van der Waals surface area contributed by atoms with Crippen molar-refractivity contribution in [3.63, 3.8) is 0 Å². The number of fused-ring (bicyclic) bond motifs is 1. The summed E-state index contributed by atoms with van der Waals surface area (Å²) in [5.74, 6) is 0.468. The smallest absolute Gasteiger partial charge is 0.247 e. The van der Waals surface area contributed by atoms with Gasteiger partial charge in [-0.3, -0.25) is 9.58 Å². The first-order chi connectivity index (χ1) is 13.8. The highest BCUT2D eigenvalue weighted by Crippen LogP contribution is 2.40. The van der Waals surface area contributed by atoms with Crippen LogP contribution in [-0.2, 0) is 23.6 Å². The maximum Gasteiger partial charge on any atom is 0.247 e. The molecule has 29 heavy (non-hydrogen) atoms. The summed E-state index contributed by atoms with van der Waals surface area (Å²) >= 11 is 0. The van der Waals surface area contributed by atoms with Crippen molar-refractivity contribution in [2.24, 2.45) is 12.5 Å². The molecule has 1 saturated heterocycles. The predicted molar refractivity (Wildman–Crippen MR) is 111 cm³/mol. The molecule has 2 aromatic rings. The van der Waals surface area contributed by atoms with Gasteiger partial charge in [0.2, 0.25) is 10.0 Å². The van der Waals surface area contributed by atoms with Gasteiger partial charge in [0.15, 0.2) is 0 Å². The molecule has 1 aromatic carbocycles. The Bertz CT molecular complexity index is 962. The summed E-state index contributed by atoms with van der Waals surface area (Å²) < 4.78 is 36.4. The topological polar surface area (TPSA) is 67.7 Å². The van der Waals surface area contributed by atoms with Crippen LogP contribution in [0.1, 0.15) is 32.3 Å². The minimum Gasteiger partial charge on any atom is -0.492 e. The van der Waals surface area contributed by atoms with Crippen LogP contribution in [0.2, 0.25) is 0 Å². The van der Waals surface area contributed by atoms with Crippen LogP contribution in [-0.4, -0.2) is 59.7 Å². The van der Waals surface area contributed by atoms with Crippen molar-refractivity contribution < 1.29 is 13.2 Å². The molecule has 0 N–H and O–H groups in total. The van der Waals surface area contributed by atoms with E-state index in [1.165, 1.54) is 5.56 Å². The molecule has 1 aromatic heterocycles. The molecule has 0 radical (unpaired) electrons. The molecule has 1 fully saturated rings. The first-order valence-corrected chi connectivity index (χ1v) is 11.7. The largest absolute Gasteiger partial charge is 0.492 e. The molecule has 4 rings (SSSR count). The van der Waals surface area contributed by atoms with Crippen LogP contribution in [0.15, 0.2) is 41.6 Å². The Kier molecular flexibility index (Phi) is 5.44. The summed E-state index contributed by atoms with van der Waals surface area (Å²) in [4.78, 5) is 2.70. The lowest BCUT2D eigenvalue weighted by Gasteiger charge is -2.45. The van der Waals surface area contributed by atoms with Gasteiger partial charge in [0.05, 0.1) is 12.8 Å². The number of ether oxygens (including phenoxy) is 1. The van der Waals surface area contributed by atoms with Crippen LogP contribution < -0.4 is 4.74 Å². The Morgan fingerprint density at radius 2 is 1.93 bits per heavy atom. The van der Waals surface area contributed by atoms with Crippen molar-refractivity contribution in [1.82, 2.24) is 19.0 Å². The van der Waals surface area contributed by atoms with E-state index in [1.807, 2.05) is 44.0 Å². The van der Waals surface area contributed by atoms with E-state index < -0.39 is 10.0 Å². The van der Waals surface area contributed by atoms with Gasteiger partial charge in [0.25, 0.3) is 0 Å². The lowest BCUT2D eigenvalue weighted by Crippen LogP contribution is -2.52. The molecular weight excluding hydrogens is 388 g/mol. The molecule has 0 aliphatic carbocycles. The number of likely N-dealkylation sites (tertiary alicyclic amines) is 1. The number of hydrogen-bond acceptors (Lipinski definition) is 5. The number of nitrogens with zero attached hydrogens (tertiary/aromatic N) is 4. The summed E-state index contributed by atoms with van der Waals surface area (Å²) in [5, 5.41) is 4.25. The van der Waals surface area contributed by atoms with Gasteiger partial charge < -0.3 is 4.74 Å². The second-order valence-electron chi connectivity index (χ2n) is 8.68. The van der Waals surface area contributed by atoms with Gasteiger partial charge in [0.1, 0.15) is 10.6 Å². The number of para-hydroxylation sites is 1. The highest BCUT2D eigenvalue weighted by molar-refractivity contribution is 7.89. The number of aromatic nitrogens is 2. The van der Waals surface area contributed by atoms with E-state index >= 15 is 0 Å². The molecule has 7 nitrogen and oxygen atoms in total. The van der Waals surface area contributed by atoms with Crippen molar-refractivity contribution in [3.05, 3.63) is 42.2 Å². The monoisotopic (exact) mass is 418 g/mol. The Hall–Kier alpha value is -1.90. The van der Waals surface area contributed by atoms with E-state index in [4.69, 9.17) is 4.74 Å². The highest BCUT2D eigenvalue weighted by atomic mass is 32.2. The standard InChI is InChI=1S/C21H30N4O3S/c1-17(2)25-15-21(16-28-19-6-4-5-7-20(19)29(25,26)27)8-10-24(11-9-21)14-18-12-22-23(3)13-18/h4-7,12-13,17H,8-11,14-16H2,1-3H3. The third-order valence-corrected chi connectivity index (χ3v) is 8.18. The molecule has 0 amide bonds. The molecular formula is C21H30N4O3S. The maximum atomic E-state index is 13.4. The van der Waals surface area contributed by atoms with Gasteiger partial charge in [-0.2, -0.15) is 9.40 Å². The summed E-state index contributed by atoms with van der Waals surface area (Å²) in [6, 6.07) is 6.90. The number of piperidine rings is 1. The molecule has 0 unspecified atom stereocenters. The van der Waals surface area contributed by atoms with Gasteiger partial charge in [-0.15, -0.1) is 0 Å². The van der Waals surface area contributed by atoms with E-state index in [0.717, 1.165) is 32.5 Å². The molecule has 2 aliphatic rings. The van der Waals surface area contributed by atoms with Gasteiger partial charge in [-0.25, -0.2) is 8.42 Å². The quantitative estimate of drug-likeness (QED) is 0.766. The normalized spacial score (nSPS) is 22.1. The van der Waals surface area contributed by atoms with Crippen molar-refractivity contribution >= 4 is 10.0 Å². The Morgan fingerprint density at radius 3 is 2.59 bits per heavy atom. The Balaban J connectivity index is 1.56. The van der Waals surface area contributed by atoms with Crippen molar-refractivity contribution in [1.29, 1.82) is 0 Å². The molecule has 158 valence electrons. The number of benzene rings is 1. The zero-order valence-corrected chi connectivity index (χ0v) is 18.2. The molecule has 3 heterocycles. The van der Waals surface area contributed by atoms with Crippen molar-refractivity contribution in [3.8, 4) is 5.75 Å². The Morgan fingerprint density at radius 1 is 1.21 bits per heavy atom. The fourth-order valence-electron chi connectivity index (χ4n) is 4.36. The summed E-state index contributed by atoms with van der Waals surface area (Å²) in [5.41, 5.74) is 1.04.